The summed E-state index contributed by atoms with van der Waals surface area (Å²) in [7, 11) is 0. The van der Waals surface area contributed by atoms with E-state index in [-0.39, 0.29) is 12.4 Å². The third-order valence-corrected chi connectivity index (χ3v) is 3.81. The number of rotatable bonds is 4. The summed E-state index contributed by atoms with van der Waals surface area (Å²) in [6.45, 7) is 1.94. The molecule has 0 spiro atoms. The van der Waals surface area contributed by atoms with Crippen LogP contribution in [0.4, 0.5) is 14.9 Å². The first-order valence-electron chi connectivity index (χ1n) is 7.56. The van der Waals surface area contributed by atoms with Gasteiger partial charge in [-0.25, -0.2) is 9.18 Å². The van der Waals surface area contributed by atoms with Crippen molar-refractivity contribution in [3.8, 4) is 0 Å². The van der Waals surface area contributed by atoms with Gasteiger partial charge in [-0.2, -0.15) is 0 Å². The first kappa shape index (κ1) is 16.5. The van der Waals surface area contributed by atoms with Crippen molar-refractivity contribution >= 4 is 28.6 Å². The summed E-state index contributed by atoms with van der Waals surface area (Å²) in [5, 5.41) is 5.94. The monoisotopic (exact) mass is 341 g/mol. The van der Waals surface area contributed by atoms with Gasteiger partial charge in [0.15, 0.2) is 0 Å². The van der Waals surface area contributed by atoms with E-state index in [2.05, 4.69) is 10.6 Å². The van der Waals surface area contributed by atoms with Crippen molar-refractivity contribution in [1.82, 2.24) is 5.32 Å². The second kappa shape index (κ2) is 6.64. The van der Waals surface area contributed by atoms with E-state index in [0.717, 1.165) is 5.56 Å². The quantitative estimate of drug-likeness (QED) is 0.679. The lowest BCUT2D eigenvalue weighted by molar-refractivity contribution is 0.1000. The number of amides is 3. The van der Waals surface area contributed by atoms with Crippen molar-refractivity contribution in [1.29, 1.82) is 0 Å². The Balaban J connectivity index is 1.67. The molecule has 0 aliphatic rings. The molecular formula is C18H16FN3O3. The lowest BCUT2D eigenvalue weighted by Crippen LogP contribution is -2.28. The Kier molecular flexibility index (Phi) is 4.38. The van der Waals surface area contributed by atoms with E-state index in [4.69, 9.17) is 10.2 Å². The van der Waals surface area contributed by atoms with E-state index in [1.54, 1.807) is 31.2 Å². The van der Waals surface area contributed by atoms with Crippen LogP contribution < -0.4 is 16.4 Å². The molecule has 0 saturated heterocycles. The third kappa shape index (κ3) is 3.60. The molecular weight excluding hydrogens is 325 g/mol. The predicted octanol–water partition coefficient (Wildman–Crippen LogP) is 3.30. The van der Waals surface area contributed by atoms with E-state index in [1.807, 2.05) is 0 Å². The number of carbonyl (C=O) groups excluding carboxylic acids is 2. The Labute approximate surface area is 142 Å². The molecule has 0 aliphatic carbocycles. The number of hydrogen-bond acceptors (Lipinski definition) is 3. The van der Waals surface area contributed by atoms with Gasteiger partial charge in [0.1, 0.15) is 17.2 Å². The molecule has 7 heteroatoms. The number of nitrogens with one attached hydrogen (secondary N) is 2. The number of carbonyl (C=O) groups is 2. The van der Waals surface area contributed by atoms with Gasteiger partial charge >= 0.3 is 6.03 Å². The van der Waals surface area contributed by atoms with Gasteiger partial charge in [0.05, 0.1) is 6.54 Å². The smallest absolute Gasteiger partial charge is 0.319 e. The molecule has 0 atom stereocenters. The van der Waals surface area contributed by atoms with E-state index >= 15 is 0 Å². The Morgan fingerprint density at radius 3 is 2.76 bits per heavy atom. The molecule has 4 N–H and O–H groups in total. The van der Waals surface area contributed by atoms with Crippen LogP contribution in [0.15, 0.2) is 46.9 Å². The number of nitrogens with two attached hydrogens (primary N) is 1. The van der Waals surface area contributed by atoms with E-state index in [0.29, 0.717) is 28.0 Å². The molecule has 1 heterocycles. The van der Waals surface area contributed by atoms with Gasteiger partial charge in [0, 0.05) is 22.2 Å². The summed E-state index contributed by atoms with van der Waals surface area (Å²) in [6, 6.07) is 10.1. The summed E-state index contributed by atoms with van der Waals surface area (Å²) in [5.41, 5.74) is 7.28. The zero-order valence-electron chi connectivity index (χ0n) is 13.4. The number of benzene rings is 2. The van der Waals surface area contributed by atoms with Crippen LogP contribution in [0.5, 0.6) is 0 Å². The highest BCUT2D eigenvalue weighted by Gasteiger charge is 2.12. The molecule has 0 fully saturated rings. The minimum absolute atomic E-state index is 0.142. The highest BCUT2D eigenvalue weighted by molar-refractivity contribution is 5.95. The number of furan rings is 1. The van der Waals surface area contributed by atoms with Gasteiger partial charge in [-0.1, -0.05) is 6.07 Å². The molecule has 1 aromatic heterocycles. The lowest BCUT2D eigenvalue weighted by Gasteiger charge is -2.07. The van der Waals surface area contributed by atoms with Crippen molar-refractivity contribution < 1.29 is 18.4 Å². The number of urea groups is 1. The molecule has 128 valence electrons. The van der Waals surface area contributed by atoms with Crippen LogP contribution in [0, 0.1) is 12.7 Å². The van der Waals surface area contributed by atoms with Crippen molar-refractivity contribution in [2.45, 2.75) is 13.5 Å². The first-order valence-corrected chi connectivity index (χ1v) is 7.56. The van der Waals surface area contributed by atoms with Gasteiger partial charge < -0.3 is 20.8 Å². The van der Waals surface area contributed by atoms with E-state index < -0.39 is 11.9 Å². The molecule has 0 unspecified atom stereocenters. The Morgan fingerprint density at radius 1 is 1.20 bits per heavy atom. The zero-order valence-corrected chi connectivity index (χ0v) is 13.4. The summed E-state index contributed by atoms with van der Waals surface area (Å²) in [6.07, 6.45) is 0. The van der Waals surface area contributed by atoms with E-state index in [9.17, 15) is 14.0 Å². The van der Waals surface area contributed by atoms with Crippen LogP contribution in [-0.4, -0.2) is 11.9 Å². The number of fused-ring (bicyclic) bond motifs is 1. The standard InChI is InChI=1S/C18H16FN3O3/c1-10-14-8-12(19)5-6-15(14)25-16(10)9-21-18(24)22-13-4-2-3-11(7-13)17(20)23/h2-8H,9H2,1H3,(H2,20,23)(H2,21,22,24). The molecule has 3 rings (SSSR count). The van der Waals surface area contributed by atoms with Crippen molar-refractivity contribution in [3.05, 3.63) is 65.2 Å². The molecule has 3 aromatic rings. The number of hydrogen-bond donors (Lipinski definition) is 3. The fourth-order valence-electron chi connectivity index (χ4n) is 2.50. The molecule has 0 bridgehead atoms. The average Bonchev–Trinajstić information content (AvgIpc) is 2.89. The Bertz CT molecular complexity index is 965. The van der Waals surface area contributed by atoms with E-state index in [1.165, 1.54) is 18.2 Å². The van der Waals surface area contributed by atoms with Crippen LogP contribution in [0.2, 0.25) is 0 Å². The lowest BCUT2D eigenvalue weighted by atomic mass is 10.1. The van der Waals surface area contributed by atoms with Crippen LogP contribution in [-0.2, 0) is 6.54 Å². The zero-order chi connectivity index (χ0) is 18.0. The normalized spacial score (nSPS) is 10.6. The predicted molar refractivity (Wildman–Crippen MR) is 91.7 cm³/mol. The molecule has 25 heavy (non-hydrogen) atoms. The molecule has 2 aromatic carbocycles. The van der Waals surface area contributed by atoms with Gasteiger partial charge in [0.2, 0.25) is 5.91 Å². The van der Waals surface area contributed by atoms with Gasteiger partial charge in [-0.3, -0.25) is 4.79 Å². The third-order valence-electron chi connectivity index (χ3n) is 3.81. The molecule has 6 nitrogen and oxygen atoms in total. The highest BCUT2D eigenvalue weighted by Crippen LogP contribution is 2.25. The van der Waals surface area contributed by atoms with Gasteiger partial charge in [0.25, 0.3) is 0 Å². The largest absolute Gasteiger partial charge is 0.459 e. The SMILES string of the molecule is Cc1c(CNC(=O)Nc2cccc(C(N)=O)c2)oc2ccc(F)cc12. The fraction of sp³-hybridized carbons (Fsp3) is 0.111. The first-order chi connectivity index (χ1) is 11.9. The van der Waals surface area contributed by atoms with Crippen LogP contribution in [0.3, 0.4) is 0 Å². The molecule has 0 saturated carbocycles. The van der Waals surface area contributed by atoms with Crippen LogP contribution in [0.1, 0.15) is 21.7 Å². The van der Waals surface area contributed by atoms with Crippen molar-refractivity contribution in [2.75, 3.05) is 5.32 Å². The molecule has 0 radical (unpaired) electrons. The summed E-state index contributed by atoms with van der Waals surface area (Å²) in [4.78, 5) is 23.2. The summed E-state index contributed by atoms with van der Waals surface area (Å²) >= 11 is 0. The fourth-order valence-corrected chi connectivity index (χ4v) is 2.50. The average molecular weight is 341 g/mol. The number of primary amides is 1. The topological polar surface area (TPSA) is 97.4 Å². The second-order valence-corrected chi connectivity index (χ2v) is 5.54. The summed E-state index contributed by atoms with van der Waals surface area (Å²) < 4.78 is 19.0. The molecule has 3 amide bonds. The Morgan fingerprint density at radius 2 is 2.00 bits per heavy atom. The van der Waals surface area contributed by atoms with Crippen LogP contribution in [0.25, 0.3) is 11.0 Å². The maximum absolute atomic E-state index is 13.3. The number of halogens is 1. The second-order valence-electron chi connectivity index (χ2n) is 5.54. The van der Waals surface area contributed by atoms with Crippen LogP contribution >= 0.6 is 0 Å². The highest BCUT2D eigenvalue weighted by atomic mass is 19.1. The minimum Gasteiger partial charge on any atom is -0.459 e. The number of aryl methyl sites for hydroxylation is 1. The molecule has 0 aliphatic heterocycles. The maximum Gasteiger partial charge on any atom is 0.319 e. The summed E-state index contributed by atoms with van der Waals surface area (Å²) in [5.74, 6) is -0.376. The van der Waals surface area contributed by atoms with Gasteiger partial charge in [-0.05, 0) is 43.3 Å². The van der Waals surface area contributed by atoms with Crippen molar-refractivity contribution in [2.24, 2.45) is 5.73 Å². The van der Waals surface area contributed by atoms with Gasteiger partial charge in [-0.15, -0.1) is 0 Å². The maximum atomic E-state index is 13.3. The number of anilines is 1. The Hall–Kier alpha value is -3.35. The minimum atomic E-state index is -0.575. The van der Waals surface area contributed by atoms with Crippen molar-refractivity contribution in [3.63, 3.8) is 0 Å².